The Bertz CT molecular complexity index is 1520. The van der Waals surface area contributed by atoms with E-state index in [1.165, 1.54) is 18.2 Å². The van der Waals surface area contributed by atoms with Gasteiger partial charge in [-0.25, -0.2) is 18.0 Å². The molecule has 0 amide bonds. The molecule has 0 fully saturated rings. The topological polar surface area (TPSA) is 103 Å². The Labute approximate surface area is 197 Å². The minimum atomic E-state index is -3.94. The lowest BCUT2D eigenvalue weighted by Crippen LogP contribution is -2.46. The molecule has 0 aliphatic rings. The van der Waals surface area contributed by atoms with Gasteiger partial charge in [-0.2, -0.15) is 4.72 Å². The first-order valence-corrected chi connectivity index (χ1v) is 12.4. The number of rotatable bonds is 7. The maximum absolute atomic E-state index is 13.1. The van der Waals surface area contributed by atoms with Gasteiger partial charge in [-0.15, -0.1) is 0 Å². The second-order valence-corrected chi connectivity index (χ2v) is 10.0. The molecule has 4 rings (SSSR count). The van der Waals surface area contributed by atoms with Gasteiger partial charge in [0.25, 0.3) is 0 Å². The van der Waals surface area contributed by atoms with Crippen molar-refractivity contribution in [1.82, 2.24) is 4.72 Å². The number of carbonyl (C=O) groups is 1. The molecular weight excluding hydrogens is 454 g/mol. The summed E-state index contributed by atoms with van der Waals surface area (Å²) >= 11 is 0. The highest BCUT2D eigenvalue weighted by Gasteiger charge is 2.31. The van der Waals surface area contributed by atoms with E-state index in [1.807, 2.05) is 26.0 Å². The summed E-state index contributed by atoms with van der Waals surface area (Å²) in [6.45, 7) is 5.49. The van der Waals surface area contributed by atoms with Gasteiger partial charge in [0, 0.05) is 11.5 Å². The van der Waals surface area contributed by atoms with Gasteiger partial charge in [0.2, 0.25) is 10.0 Å². The molecule has 0 aliphatic carbocycles. The third kappa shape index (κ3) is 4.73. The van der Waals surface area contributed by atoms with Crippen LogP contribution < -0.4 is 15.1 Å². The van der Waals surface area contributed by atoms with Crippen LogP contribution in [0.3, 0.4) is 0 Å². The maximum atomic E-state index is 13.1. The lowest BCUT2D eigenvalue weighted by atomic mass is 10.0. The first-order chi connectivity index (χ1) is 16.2. The minimum Gasteiger partial charge on any atom is -0.425 e. The summed E-state index contributed by atoms with van der Waals surface area (Å²) in [5.41, 5.74) is 0.705. The number of ether oxygens (including phenoxy) is 1. The van der Waals surface area contributed by atoms with Crippen LogP contribution in [-0.4, -0.2) is 20.4 Å². The molecule has 0 saturated heterocycles. The first-order valence-electron chi connectivity index (χ1n) is 11.0. The van der Waals surface area contributed by atoms with Crippen molar-refractivity contribution in [2.75, 3.05) is 0 Å². The van der Waals surface area contributed by atoms with Crippen molar-refractivity contribution in [3.05, 3.63) is 82.7 Å². The fourth-order valence-corrected chi connectivity index (χ4v) is 4.98. The number of carbonyl (C=O) groups excluding carboxylic acids is 1. The Morgan fingerprint density at radius 3 is 2.35 bits per heavy atom. The van der Waals surface area contributed by atoms with Crippen LogP contribution in [0, 0.1) is 12.8 Å². The highest BCUT2D eigenvalue weighted by molar-refractivity contribution is 7.89. The lowest BCUT2D eigenvalue weighted by molar-refractivity contribution is -0.137. The molecule has 0 radical (unpaired) electrons. The van der Waals surface area contributed by atoms with Crippen molar-refractivity contribution in [3.63, 3.8) is 0 Å². The number of hydrogen-bond acceptors (Lipinski definition) is 6. The van der Waals surface area contributed by atoms with E-state index in [9.17, 15) is 18.0 Å². The second-order valence-electron chi connectivity index (χ2n) is 8.31. The number of aryl methyl sites for hydroxylation is 1. The Hall–Kier alpha value is -3.49. The normalized spacial score (nSPS) is 13.6. The van der Waals surface area contributed by atoms with E-state index in [0.717, 1.165) is 10.9 Å². The van der Waals surface area contributed by atoms with Crippen LogP contribution >= 0.6 is 0 Å². The van der Waals surface area contributed by atoms with Crippen LogP contribution in [0.1, 0.15) is 25.8 Å². The quantitative estimate of drug-likeness (QED) is 0.181. The molecule has 0 bridgehead atoms. The number of esters is 1. The molecule has 7 nitrogen and oxygen atoms in total. The highest BCUT2D eigenvalue weighted by Crippen LogP contribution is 2.27. The molecule has 0 saturated carbocycles. The van der Waals surface area contributed by atoms with Gasteiger partial charge in [-0.3, -0.25) is 0 Å². The van der Waals surface area contributed by atoms with Crippen molar-refractivity contribution in [3.8, 4) is 5.75 Å². The standard InChI is InChI=1S/C26H25NO6S/c1-4-17(3)24(27-34(30,31)19-12-9-16(2)10-13-19)26(29)32-18-11-14-21-20-7-5-6-8-22(20)25(28)33-23(21)15-18/h5-15,17,24,27H,4H2,1-3H3/t17-,24-/m1/s1. The summed E-state index contributed by atoms with van der Waals surface area (Å²) < 4.78 is 39.2. The van der Waals surface area contributed by atoms with E-state index >= 15 is 0 Å². The summed E-state index contributed by atoms with van der Waals surface area (Å²) in [7, 11) is -3.94. The average molecular weight is 480 g/mol. The van der Waals surface area contributed by atoms with Gasteiger partial charge in [0.15, 0.2) is 0 Å². The van der Waals surface area contributed by atoms with Gasteiger partial charge in [0.1, 0.15) is 17.4 Å². The van der Waals surface area contributed by atoms with E-state index in [1.54, 1.807) is 43.3 Å². The summed E-state index contributed by atoms with van der Waals surface area (Å²) in [5.74, 6) is -0.915. The number of fused-ring (bicyclic) bond motifs is 3. The smallest absolute Gasteiger partial charge is 0.344 e. The Morgan fingerprint density at radius 2 is 1.68 bits per heavy atom. The van der Waals surface area contributed by atoms with Gasteiger partial charge in [-0.1, -0.05) is 56.2 Å². The Morgan fingerprint density at radius 1 is 1.00 bits per heavy atom. The van der Waals surface area contributed by atoms with Crippen molar-refractivity contribution in [1.29, 1.82) is 0 Å². The fraction of sp³-hybridized carbons (Fsp3) is 0.231. The molecule has 0 spiro atoms. The predicted octanol–water partition coefficient (Wildman–Crippen LogP) is 4.55. The minimum absolute atomic E-state index is 0.0681. The lowest BCUT2D eigenvalue weighted by Gasteiger charge is -2.22. The van der Waals surface area contributed by atoms with E-state index in [0.29, 0.717) is 17.2 Å². The maximum Gasteiger partial charge on any atom is 0.344 e. The Balaban J connectivity index is 1.63. The van der Waals surface area contributed by atoms with Crippen molar-refractivity contribution in [2.45, 2.75) is 38.1 Å². The predicted molar refractivity (Wildman–Crippen MR) is 130 cm³/mol. The van der Waals surface area contributed by atoms with Gasteiger partial charge < -0.3 is 9.15 Å². The number of hydrogen-bond donors (Lipinski definition) is 1. The van der Waals surface area contributed by atoms with E-state index in [2.05, 4.69) is 4.72 Å². The van der Waals surface area contributed by atoms with Gasteiger partial charge >= 0.3 is 11.6 Å². The zero-order chi connectivity index (χ0) is 24.5. The monoisotopic (exact) mass is 479 g/mol. The molecular formula is C26H25NO6S. The number of nitrogens with one attached hydrogen (secondary N) is 1. The average Bonchev–Trinajstić information content (AvgIpc) is 2.82. The summed E-state index contributed by atoms with van der Waals surface area (Å²) in [4.78, 5) is 25.4. The fourth-order valence-electron chi connectivity index (χ4n) is 3.69. The molecule has 3 aromatic carbocycles. The van der Waals surface area contributed by atoms with Crippen LogP contribution in [0.2, 0.25) is 0 Å². The molecule has 2 atom stereocenters. The molecule has 0 aliphatic heterocycles. The van der Waals surface area contributed by atoms with Crippen LogP contribution in [-0.2, 0) is 14.8 Å². The summed E-state index contributed by atoms with van der Waals surface area (Å²) in [5, 5.41) is 1.89. The molecule has 176 valence electrons. The molecule has 1 N–H and O–H groups in total. The van der Waals surface area contributed by atoms with Gasteiger partial charge in [0.05, 0.1) is 10.3 Å². The van der Waals surface area contributed by atoms with Crippen LogP contribution in [0.5, 0.6) is 5.75 Å². The van der Waals surface area contributed by atoms with E-state index in [4.69, 9.17) is 9.15 Å². The summed E-state index contributed by atoms with van der Waals surface area (Å²) in [6, 6.07) is 17.1. The Kier molecular flexibility index (Phi) is 6.54. The van der Waals surface area contributed by atoms with Crippen molar-refractivity contribution >= 4 is 37.7 Å². The molecule has 1 heterocycles. The highest BCUT2D eigenvalue weighted by atomic mass is 32.2. The van der Waals surface area contributed by atoms with Crippen LogP contribution in [0.15, 0.2) is 80.8 Å². The van der Waals surface area contributed by atoms with E-state index in [-0.39, 0.29) is 22.1 Å². The van der Waals surface area contributed by atoms with Crippen molar-refractivity contribution < 1.29 is 22.4 Å². The molecule has 0 unspecified atom stereocenters. The zero-order valence-electron chi connectivity index (χ0n) is 19.1. The number of benzene rings is 3. The SMILES string of the molecule is CC[C@@H](C)[C@@H](NS(=O)(=O)c1ccc(C)cc1)C(=O)Oc1ccc2c(c1)oc(=O)c1ccccc12. The molecule has 4 aromatic rings. The molecule has 1 aromatic heterocycles. The third-order valence-corrected chi connectivity index (χ3v) is 7.35. The van der Waals surface area contributed by atoms with Gasteiger partial charge in [-0.05, 0) is 48.6 Å². The number of sulfonamides is 1. The van der Waals surface area contributed by atoms with E-state index < -0.39 is 27.7 Å². The van der Waals surface area contributed by atoms with Crippen LogP contribution in [0.4, 0.5) is 0 Å². The second kappa shape index (κ2) is 9.40. The molecule has 34 heavy (non-hydrogen) atoms. The largest absolute Gasteiger partial charge is 0.425 e. The zero-order valence-corrected chi connectivity index (χ0v) is 19.9. The molecule has 8 heteroatoms. The summed E-state index contributed by atoms with van der Waals surface area (Å²) in [6.07, 6.45) is 0.550. The first kappa shape index (κ1) is 23.7. The van der Waals surface area contributed by atoms with Crippen LogP contribution in [0.25, 0.3) is 21.7 Å². The van der Waals surface area contributed by atoms with Crippen molar-refractivity contribution in [2.24, 2.45) is 5.92 Å². The third-order valence-electron chi connectivity index (χ3n) is 5.89.